The molecule has 3 aromatic rings. The van der Waals surface area contributed by atoms with Crippen molar-refractivity contribution in [3.8, 4) is 11.6 Å². The molecular weight excluding hydrogens is 328 g/mol. The molecule has 21 heavy (non-hydrogen) atoms. The van der Waals surface area contributed by atoms with Crippen LogP contribution in [0.3, 0.4) is 0 Å². The summed E-state index contributed by atoms with van der Waals surface area (Å²) < 4.78 is 6.62. The Kier molecular flexibility index (Phi) is 4.15. The van der Waals surface area contributed by atoms with Gasteiger partial charge in [0.15, 0.2) is 0 Å². The van der Waals surface area contributed by atoms with E-state index >= 15 is 0 Å². The zero-order valence-electron chi connectivity index (χ0n) is 11.7. The summed E-state index contributed by atoms with van der Waals surface area (Å²) in [5.74, 6) is 2.14. The second-order valence-electron chi connectivity index (χ2n) is 4.81. The Morgan fingerprint density at radius 3 is 2.62 bits per heavy atom. The van der Waals surface area contributed by atoms with E-state index in [1.54, 1.807) is 6.07 Å². The number of halogens is 1. The summed E-state index contributed by atoms with van der Waals surface area (Å²) in [6, 6.07) is 16.0. The molecule has 4 heteroatoms. The molecule has 1 heterocycles. The topological polar surface area (TPSA) is 35.0 Å². The minimum atomic E-state index is 0.565. The molecule has 0 aliphatic carbocycles. The number of aryl methyl sites for hydroxylation is 1. The van der Waals surface area contributed by atoms with E-state index in [0.29, 0.717) is 5.88 Å². The van der Waals surface area contributed by atoms with Gasteiger partial charge in [-0.1, -0.05) is 37.3 Å². The van der Waals surface area contributed by atoms with Crippen molar-refractivity contribution in [3.63, 3.8) is 0 Å². The van der Waals surface area contributed by atoms with Gasteiger partial charge in [0.25, 0.3) is 0 Å². The fraction of sp³-hybridized carbons (Fsp3) is 0.176. The summed E-state index contributed by atoms with van der Waals surface area (Å²) in [4.78, 5) is 8.78. The SMILES string of the molecule is CCCc1nc(Br)cc(Oc2ccc3ccccc3c2)n1. The van der Waals surface area contributed by atoms with Crippen molar-refractivity contribution in [3.05, 3.63) is 59.0 Å². The summed E-state index contributed by atoms with van der Waals surface area (Å²) >= 11 is 3.41. The fourth-order valence-electron chi connectivity index (χ4n) is 2.18. The lowest BCUT2D eigenvalue weighted by atomic mass is 10.1. The van der Waals surface area contributed by atoms with Crippen LogP contribution in [0.5, 0.6) is 11.6 Å². The first kappa shape index (κ1) is 14.0. The van der Waals surface area contributed by atoms with Crippen LogP contribution in [0.2, 0.25) is 0 Å². The van der Waals surface area contributed by atoms with Crippen LogP contribution in [0.1, 0.15) is 19.2 Å². The Bertz CT molecular complexity index is 774. The number of rotatable bonds is 4. The summed E-state index contributed by atoms with van der Waals surface area (Å²) in [5, 5.41) is 2.34. The molecule has 0 bridgehead atoms. The van der Waals surface area contributed by atoms with E-state index in [2.05, 4.69) is 45.0 Å². The second kappa shape index (κ2) is 6.22. The highest BCUT2D eigenvalue weighted by Gasteiger charge is 2.05. The minimum absolute atomic E-state index is 0.565. The molecule has 0 amide bonds. The first-order valence-electron chi connectivity index (χ1n) is 6.95. The molecule has 0 fully saturated rings. The van der Waals surface area contributed by atoms with Gasteiger partial charge in [-0.25, -0.2) is 4.98 Å². The highest BCUT2D eigenvalue weighted by molar-refractivity contribution is 9.10. The minimum Gasteiger partial charge on any atom is -0.439 e. The zero-order valence-corrected chi connectivity index (χ0v) is 13.3. The van der Waals surface area contributed by atoms with Gasteiger partial charge in [-0.15, -0.1) is 0 Å². The summed E-state index contributed by atoms with van der Waals surface area (Å²) in [7, 11) is 0. The smallest absolute Gasteiger partial charge is 0.223 e. The number of benzene rings is 2. The standard InChI is InChI=1S/C17H15BrN2O/c1-2-5-16-19-15(18)11-17(20-16)21-14-9-8-12-6-3-4-7-13(12)10-14/h3-4,6-11H,2,5H2,1H3. The quantitative estimate of drug-likeness (QED) is 0.616. The lowest BCUT2D eigenvalue weighted by Gasteiger charge is -2.08. The highest BCUT2D eigenvalue weighted by Crippen LogP contribution is 2.26. The zero-order chi connectivity index (χ0) is 14.7. The van der Waals surface area contributed by atoms with E-state index in [1.807, 2.05) is 30.3 Å². The van der Waals surface area contributed by atoms with Crippen LogP contribution in [-0.2, 0) is 6.42 Å². The van der Waals surface area contributed by atoms with Crippen LogP contribution in [0.4, 0.5) is 0 Å². The Labute approximate surface area is 132 Å². The normalized spacial score (nSPS) is 10.8. The van der Waals surface area contributed by atoms with Crippen LogP contribution in [-0.4, -0.2) is 9.97 Å². The maximum absolute atomic E-state index is 5.87. The molecule has 0 aliphatic heterocycles. The molecule has 0 atom stereocenters. The van der Waals surface area contributed by atoms with Gasteiger partial charge in [-0.05, 0) is 45.3 Å². The third kappa shape index (κ3) is 3.39. The lowest BCUT2D eigenvalue weighted by Crippen LogP contribution is -1.97. The predicted octanol–water partition coefficient (Wildman–Crippen LogP) is 5.14. The molecule has 0 unspecified atom stereocenters. The second-order valence-corrected chi connectivity index (χ2v) is 5.62. The Hall–Kier alpha value is -1.94. The maximum Gasteiger partial charge on any atom is 0.223 e. The van der Waals surface area contributed by atoms with Gasteiger partial charge in [-0.2, -0.15) is 4.98 Å². The Morgan fingerprint density at radius 1 is 1.00 bits per heavy atom. The summed E-state index contributed by atoms with van der Waals surface area (Å²) in [6.07, 6.45) is 1.85. The van der Waals surface area contributed by atoms with Gasteiger partial charge in [0, 0.05) is 12.5 Å². The molecule has 0 saturated heterocycles. The first-order chi connectivity index (χ1) is 10.2. The van der Waals surface area contributed by atoms with Crippen LogP contribution >= 0.6 is 15.9 Å². The van der Waals surface area contributed by atoms with Crippen molar-refractivity contribution in [2.75, 3.05) is 0 Å². The van der Waals surface area contributed by atoms with Crippen molar-refractivity contribution in [2.45, 2.75) is 19.8 Å². The number of nitrogens with zero attached hydrogens (tertiary/aromatic N) is 2. The molecule has 1 aromatic heterocycles. The predicted molar refractivity (Wildman–Crippen MR) is 87.7 cm³/mol. The molecule has 2 aromatic carbocycles. The molecule has 106 valence electrons. The molecule has 0 aliphatic rings. The lowest BCUT2D eigenvalue weighted by molar-refractivity contribution is 0.458. The van der Waals surface area contributed by atoms with Crippen molar-refractivity contribution in [1.29, 1.82) is 0 Å². The van der Waals surface area contributed by atoms with Crippen molar-refractivity contribution < 1.29 is 4.74 Å². The number of aromatic nitrogens is 2. The third-order valence-corrected chi connectivity index (χ3v) is 3.54. The van der Waals surface area contributed by atoms with Crippen molar-refractivity contribution >= 4 is 26.7 Å². The van der Waals surface area contributed by atoms with Crippen LogP contribution in [0.15, 0.2) is 53.1 Å². The fourth-order valence-corrected chi connectivity index (χ4v) is 2.58. The molecular formula is C17H15BrN2O. The van der Waals surface area contributed by atoms with E-state index in [4.69, 9.17) is 4.74 Å². The van der Waals surface area contributed by atoms with E-state index in [0.717, 1.165) is 34.4 Å². The highest BCUT2D eigenvalue weighted by atomic mass is 79.9. The average molecular weight is 343 g/mol. The number of ether oxygens (including phenoxy) is 1. The molecule has 0 radical (unpaired) electrons. The van der Waals surface area contributed by atoms with Crippen molar-refractivity contribution in [2.24, 2.45) is 0 Å². The van der Waals surface area contributed by atoms with Crippen LogP contribution < -0.4 is 4.74 Å². The van der Waals surface area contributed by atoms with Gasteiger partial charge in [0.05, 0.1) is 0 Å². The van der Waals surface area contributed by atoms with Gasteiger partial charge in [0.2, 0.25) is 5.88 Å². The van der Waals surface area contributed by atoms with Crippen LogP contribution in [0, 0.1) is 0 Å². The molecule has 0 saturated carbocycles. The van der Waals surface area contributed by atoms with Gasteiger partial charge >= 0.3 is 0 Å². The van der Waals surface area contributed by atoms with Crippen molar-refractivity contribution in [1.82, 2.24) is 9.97 Å². The van der Waals surface area contributed by atoms with Crippen LogP contribution in [0.25, 0.3) is 10.8 Å². The Balaban J connectivity index is 1.90. The first-order valence-corrected chi connectivity index (χ1v) is 7.74. The summed E-state index contributed by atoms with van der Waals surface area (Å²) in [6.45, 7) is 2.11. The van der Waals surface area contributed by atoms with Gasteiger partial charge in [0.1, 0.15) is 16.2 Å². The average Bonchev–Trinajstić information content (AvgIpc) is 2.47. The van der Waals surface area contributed by atoms with Gasteiger partial charge in [-0.3, -0.25) is 0 Å². The van der Waals surface area contributed by atoms with E-state index in [1.165, 1.54) is 5.39 Å². The van der Waals surface area contributed by atoms with Gasteiger partial charge < -0.3 is 4.74 Å². The number of hydrogen-bond acceptors (Lipinski definition) is 3. The monoisotopic (exact) mass is 342 g/mol. The number of hydrogen-bond donors (Lipinski definition) is 0. The molecule has 0 spiro atoms. The van der Waals surface area contributed by atoms with E-state index in [-0.39, 0.29) is 0 Å². The largest absolute Gasteiger partial charge is 0.439 e. The Morgan fingerprint density at radius 2 is 1.81 bits per heavy atom. The third-order valence-electron chi connectivity index (χ3n) is 3.13. The molecule has 0 N–H and O–H groups in total. The summed E-state index contributed by atoms with van der Waals surface area (Å²) in [5.41, 5.74) is 0. The maximum atomic E-state index is 5.87. The molecule has 3 nitrogen and oxygen atoms in total. The molecule has 3 rings (SSSR count). The van der Waals surface area contributed by atoms with E-state index in [9.17, 15) is 0 Å². The van der Waals surface area contributed by atoms with E-state index < -0.39 is 0 Å². The number of fused-ring (bicyclic) bond motifs is 1.